The molecule has 0 saturated heterocycles. The summed E-state index contributed by atoms with van der Waals surface area (Å²) in [5.41, 5.74) is 0.238. The molecule has 0 radical (unpaired) electrons. The minimum absolute atomic E-state index is 0.0395. The van der Waals surface area contributed by atoms with Gasteiger partial charge in [-0.3, -0.25) is 4.79 Å². The first-order valence-corrected chi connectivity index (χ1v) is 5.83. The van der Waals surface area contributed by atoms with E-state index in [9.17, 15) is 9.18 Å². The van der Waals surface area contributed by atoms with Crippen LogP contribution in [0, 0.1) is 11.7 Å². The van der Waals surface area contributed by atoms with Gasteiger partial charge in [-0.15, -0.1) is 0 Å². The van der Waals surface area contributed by atoms with Crippen molar-refractivity contribution in [2.75, 3.05) is 7.11 Å². The Morgan fingerprint density at radius 3 is 2.59 bits per heavy atom. The van der Waals surface area contributed by atoms with Crippen molar-refractivity contribution in [3.63, 3.8) is 0 Å². The fraction of sp³-hybridized carbons (Fsp3) is 0.462. The van der Waals surface area contributed by atoms with E-state index in [0.29, 0.717) is 0 Å². The highest BCUT2D eigenvalue weighted by atomic mass is 35.5. The van der Waals surface area contributed by atoms with Crippen molar-refractivity contribution in [2.24, 2.45) is 5.92 Å². The third-order valence-corrected chi connectivity index (χ3v) is 2.94. The van der Waals surface area contributed by atoms with E-state index in [1.54, 1.807) is 6.07 Å². The Kier molecular flexibility index (Phi) is 5.09. The summed E-state index contributed by atoms with van der Waals surface area (Å²) in [4.78, 5) is 11.9. The number of halogens is 2. The van der Waals surface area contributed by atoms with Gasteiger partial charge in [-0.05, 0) is 18.1 Å². The van der Waals surface area contributed by atoms with E-state index in [-0.39, 0.29) is 28.7 Å². The predicted molar refractivity (Wildman–Crippen MR) is 65.8 cm³/mol. The van der Waals surface area contributed by atoms with Gasteiger partial charge >= 0.3 is 0 Å². The average Bonchev–Trinajstić information content (AvgIpc) is 2.24. The molecule has 0 aromatic heterocycles. The summed E-state index contributed by atoms with van der Waals surface area (Å²) in [6.07, 6.45) is -0.562. The minimum atomic E-state index is -0.523. The summed E-state index contributed by atoms with van der Waals surface area (Å²) >= 11 is 5.87. The van der Waals surface area contributed by atoms with E-state index in [2.05, 4.69) is 0 Å². The Morgan fingerprint density at radius 1 is 1.47 bits per heavy atom. The first kappa shape index (κ1) is 14.1. The number of hydrogen-bond acceptors (Lipinski definition) is 2. The average molecular weight is 259 g/mol. The van der Waals surface area contributed by atoms with E-state index in [4.69, 9.17) is 16.3 Å². The lowest BCUT2D eigenvalue weighted by molar-refractivity contribution is -0.130. The van der Waals surface area contributed by atoms with Crippen LogP contribution in [0.25, 0.3) is 0 Å². The van der Waals surface area contributed by atoms with E-state index in [1.807, 2.05) is 13.8 Å². The third kappa shape index (κ3) is 3.51. The van der Waals surface area contributed by atoms with Crippen LogP contribution >= 0.6 is 11.6 Å². The Balaban J connectivity index is 2.87. The van der Waals surface area contributed by atoms with Crippen molar-refractivity contribution in [1.29, 1.82) is 0 Å². The first-order chi connectivity index (χ1) is 7.97. The number of ether oxygens (including phenoxy) is 1. The minimum Gasteiger partial charge on any atom is -0.373 e. The highest BCUT2D eigenvalue weighted by molar-refractivity contribution is 6.31. The molecule has 0 saturated carbocycles. The molecule has 1 atom stereocenters. The van der Waals surface area contributed by atoms with Crippen LogP contribution in [0.2, 0.25) is 5.02 Å². The summed E-state index contributed by atoms with van der Waals surface area (Å²) in [6.45, 7) is 3.77. The van der Waals surface area contributed by atoms with E-state index >= 15 is 0 Å². The fourth-order valence-electron chi connectivity index (χ4n) is 1.75. The number of carbonyl (C=O) groups is 1. The molecular weight excluding hydrogens is 243 g/mol. The molecule has 4 heteroatoms. The predicted octanol–water partition coefficient (Wildman–Crippen LogP) is 3.26. The Hall–Kier alpha value is -0.930. The molecule has 0 N–H and O–H groups in total. The lowest BCUT2D eigenvalue weighted by Crippen LogP contribution is -2.30. The number of hydrogen-bond donors (Lipinski definition) is 0. The smallest absolute Gasteiger partial charge is 0.166 e. The van der Waals surface area contributed by atoms with Crippen LogP contribution in [0.15, 0.2) is 18.2 Å². The highest BCUT2D eigenvalue weighted by Gasteiger charge is 2.23. The molecule has 1 rings (SSSR count). The van der Waals surface area contributed by atoms with Crippen molar-refractivity contribution >= 4 is 17.4 Å². The van der Waals surface area contributed by atoms with Gasteiger partial charge in [0.25, 0.3) is 0 Å². The van der Waals surface area contributed by atoms with Gasteiger partial charge < -0.3 is 4.74 Å². The number of rotatable bonds is 5. The molecule has 17 heavy (non-hydrogen) atoms. The van der Waals surface area contributed by atoms with Crippen molar-refractivity contribution in [1.82, 2.24) is 0 Å². The molecule has 94 valence electrons. The van der Waals surface area contributed by atoms with Crippen LogP contribution < -0.4 is 0 Å². The molecule has 0 aliphatic heterocycles. The summed E-state index contributed by atoms with van der Waals surface area (Å²) in [6, 6.07) is 4.39. The fourth-order valence-corrected chi connectivity index (χ4v) is 1.98. The molecule has 0 spiro atoms. The standard InChI is InChI=1S/C13H16ClFO2/c1-8(2)13(17-3)12(16)7-9-10(14)5-4-6-11(9)15/h4-6,8,13H,7H2,1-3H3. The molecule has 1 aromatic carbocycles. The maximum atomic E-state index is 13.5. The van der Waals surface area contributed by atoms with Crippen LogP contribution in [0.5, 0.6) is 0 Å². The molecular formula is C13H16ClFO2. The number of ketones is 1. The maximum absolute atomic E-state index is 13.5. The molecule has 0 aliphatic rings. The zero-order valence-electron chi connectivity index (χ0n) is 10.2. The van der Waals surface area contributed by atoms with Gasteiger partial charge in [0.2, 0.25) is 0 Å². The SMILES string of the molecule is COC(C(=O)Cc1c(F)cccc1Cl)C(C)C. The Labute approximate surface area is 106 Å². The van der Waals surface area contributed by atoms with Crippen LogP contribution in [-0.2, 0) is 16.0 Å². The zero-order valence-corrected chi connectivity index (χ0v) is 10.9. The van der Waals surface area contributed by atoms with Gasteiger partial charge in [0.1, 0.15) is 11.9 Å². The largest absolute Gasteiger partial charge is 0.373 e. The van der Waals surface area contributed by atoms with Crippen molar-refractivity contribution in [3.05, 3.63) is 34.6 Å². The van der Waals surface area contributed by atoms with Gasteiger partial charge in [0.15, 0.2) is 5.78 Å². The molecule has 1 unspecified atom stereocenters. The molecule has 1 aromatic rings. The lowest BCUT2D eigenvalue weighted by atomic mass is 9.97. The Morgan fingerprint density at radius 2 is 2.12 bits per heavy atom. The number of Topliss-reactive ketones (excluding diaryl/α,β-unsaturated/α-hetero) is 1. The van der Waals surface area contributed by atoms with Crippen molar-refractivity contribution < 1.29 is 13.9 Å². The van der Waals surface area contributed by atoms with Gasteiger partial charge in [0.05, 0.1) is 0 Å². The quantitative estimate of drug-likeness (QED) is 0.810. The van der Waals surface area contributed by atoms with E-state index in [0.717, 1.165) is 0 Å². The summed E-state index contributed by atoms with van der Waals surface area (Å²) in [5.74, 6) is -0.558. The maximum Gasteiger partial charge on any atom is 0.166 e. The first-order valence-electron chi connectivity index (χ1n) is 5.45. The monoisotopic (exact) mass is 258 g/mol. The van der Waals surface area contributed by atoms with Crippen LogP contribution in [-0.4, -0.2) is 19.0 Å². The lowest BCUT2D eigenvalue weighted by Gasteiger charge is -2.18. The van der Waals surface area contributed by atoms with Crippen LogP contribution in [0.4, 0.5) is 4.39 Å². The molecule has 0 bridgehead atoms. The highest BCUT2D eigenvalue weighted by Crippen LogP contribution is 2.21. The van der Waals surface area contributed by atoms with E-state index < -0.39 is 11.9 Å². The number of carbonyl (C=O) groups excluding carboxylic acids is 1. The molecule has 0 aliphatic carbocycles. The number of benzene rings is 1. The van der Waals surface area contributed by atoms with Crippen LogP contribution in [0.1, 0.15) is 19.4 Å². The van der Waals surface area contributed by atoms with Gasteiger partial charge in [-0.1, -0.05) is 31.5 Å². The van der Waals surface area contributed by atoms with Crippen molar-refractivity contribution in [3.8, 4) is 0 Å². The van der Waals surface area contributed by atoms with Gasteiger partial charge in [-0.25, -0.2) is 4.39 Å². The van der Waals surface area contributed by atoms with Gasteiger partial charge in [0, 0.05) is 24.1 Å². The second-order valence-corrected chi connectivity index (χ2v) is 4.65. The van der Waals surface area contributed by atoms with Crippen LogP contribution in [0.3, 0.4) is 0 Å². The van der Waals surface area contributed by atoms with Crippen molar-refractivity contribution in [2.45, 2.75) is 26.4 Å². The summed E-state index contributed by atoms with van der Waals surface area (Å²) in [5, 5.41) is 0.275. The third-order valence-electron chi connectivity index (χ3n) is 2.59. The number of methoxy groups -OCH3 is 1. The molecule has 0 fully saturated rings. The molecule has 0 amide bonds. The topological polar surface area (TPSA) is 26.3 Å². The van der Waals surface area contributed by atoms with Gasteiger partial charge in [-0.2, -0.15) is 0 Å². The normalized spacial score (nSPS) is 12.8. The Bertz CT molecular complexity index is 384. The summed E-state index contributed by atoms with van der Waals surface area (Å²) in [7, 11) is 1.48. The van der Waals surface area contributed by atoms with E-state index in [1.165, 1.54) is 19.2 Å². The molecule has 0 heterocycles. The zero-order chi connectivity index (χ0) is 13.0. The summed E-state index contributed by atoms with van der Waals surface area (Å²) < 4.78 is 18.6. The molecule has 2 nitrogen and oxygen atoms in total. The second kappa shape index (κ2) is 6.12. The second-order valence-electron chi connectivity index (χ2n) is 4.24.